The summed E-state index contributed by atoms with van der Waals surface area (Å²) in [5.41, 5.74) is 0.668. The lowest BCUT2D eigenvalue weighted by Crippen LogP contribution is -2.05. The third-order valence-electron chi connectivity index (χ3n) is 4.23. The zero-order valence-corrected chi connectivity index (χ0v) is 17.2. The first kappa shape index (κ1) is 21.2. The molecule has 3 aromatic rings. The van der Waals surface area contributed by atoms with Gasteiger partial charge in [0.15, 0.2) is 11.0 Å². The van der Waals surface area contributed by atoms with Gasteiger partial charge in [-0.25, -0.2) is 0 Å². The SMILES string of the molecule is CCOc1nn(CC)cc1-c1nnc(SCc2cccc(C(F)(F)F)c2)n1CC. The molecule has 0 aliphatic rings. The predicted molar refractivity (Wildman–Crippen MR) is 105 cm³/mol. The number of hydrogen-bond acceptors (Lipinski definition) is 5. The molecule has 0 saturated carbocycles. The van der Waals surface area contributed by atoms with Crippen molar-refractivity contribution in [1.82, 2.24) is 24.5 Å². The van der Waals surface area contributed by atoms with Gasteiger partial charge in [-0.15, -0.1) is 15.3 Å². The van der Waals surface area contributed by atoms with Crippen LogP contribution in [0.5, 0.6) is 5.88 Å². The number of rotatable bonds is 8. The second kappa shape index (κ2) is 8.89. The molecule has 0 atom stereocenters. The van der Waals surface area contributed by atoms with Crippen molar-refractivity contribution in [2.45, 2.75) is 50.9 Å². The summed E-state index contributed by atoms with van der Waals surface area (Å²) in [5, 5.41) is 13.6. The van der Waals surface area contributed by atoms with Crippen molar-refractivity contribution in [2.75, 3.05) is 6.61 Å². The summed E-state index contributed by atoms with van der Waals surface area (Å²) in [6.45, 7) is 7.60. The molecule has 2 heterocycles. The van der Waals surface area contributed by atoms with Crippen LogP contribution in [0.15, 0.2) is 35.6 Å². The summed E-state index contributed by atoms with van der Waals surface area (Å²) in [6.07, 6.45) is -2.49. The maximum atomic E-state index is 12.9. The van der Waals surface area contributed by atoms with Gasteiger partial charge in [-0.05, 0) is 32.4 Å². The van der Waals surface area contributed by atoms with Crippen LogP contribution in [0.3, 0.4) is 0 Å². The predicted octanol–water partition coefficient (Wildman–Crippen LogP) is 4.89. The van der Waals surface area contributed by atoms with Crippen LogP contribution in [0.4, 0.5) is 13.2 Å². The molecule has 0 N–H and O–H groups in total. The van der Waals surface area contributed by atoms with Crippen LogP contribution in [0.1, 0.15) is 31.9 Å². The summed E-state index contributed by atoms with van der Waals surface area (Å²) in [7, 11) is 0. The largest absolute Gasteiger partial charge is 0.476 e. The zero-order valence-electron chi connectivity index (χ0n) is 16.4. The standard InChI is InChI=1S/C19H22F3N5OS/c1-4-26-11-15(17(25-26)28-6-3)16-23-24-18(27(16)5-2)29-12-13-8-7-9-14(10-13)19(20,21)22/h7-11H,4-6,12H2,1-3H3. The quantitative estimate of drug-likeness (QED) is 0.481. The minimum Gasteiger partial charge on any atom is -0.476 e. The fourth-order valence-electron chi connectivity index (χ4n) is 2.83. The Labute approximate surface area is 171 Å². The molecule has 0 bridgehead atoms. The minimum absolute atomic E-state index is 0.356. The second-order valence-electron chi connectivity index (χ2n) is 6.17. The number of alkyl halides is 3. The highest BCUT2D eigenvalue weighted by molar-refractivity contribution is 7.98. The molecule has 3 rings (SSSR count). The van der Waals surface area contributed by atoms with E-state index in [4.69, 9.17) is 4.74 Å². The van der Waals surface area contributed by atoms with Crippen LogP contribution in [0.2, 0.25) is 0 Å². The Hall–Kier alpha value is -2.49. The molecule has 0 fully saturated rings. The minimum atomic E-state index is -4.35. The number of hydrogen-bond donors (Lipinski definition) is 0. The smallest absolute Gasteiger partial charge is 0.416 e. The fraction of sp³-hybridized carbons (Fsp3) is 0.421. The van der Waals surface area contributed by atoms with E-state index in [0.29, 0.717) is 47.9 Å². The average Bonchev–Trinajstić information content (AvgIpc) is 3.29. The molecule has 10 heteroatoms. The Morgan fingerprint density at radius 3 is 2.55 bits per heavy atom. The molecule has 0 unspecified atom stereocenters. The van der Waals surface area contributed by atoms with E-state index in [0.717, 1.165) is 11.6 Å². The molecule has 0 aliphatic carbocycles. The summed E-state index contributed by atoms with van der Waals surface area (Å²) in [5.74, 6) is 1.47. The molecule has 0 spiro atoms. The number of thioether (sulfide) groups is 1. The van der Waals surface area contributed by atoms with Crippen LogP contribution < -0.4 is 4.74 Å². The lowest BCUT2D eigenvalue weighted by atomic mass is 10.1. The van der Waals surface area contributed by atoms with Crippen molar-refractivity contribution in [2.24, 2.45) is 0 Å². The lowest BCUT2D eigenvalue weighted by molar-refractivity contribution is -0.137. The molecular weight excluding hydrogens is 403 g/mol. The van der Waals surface area contributed by atoms with E-state index in [9.17, 15) is 13.2 Å². The molecule has 156 valence electrons. The van der Waals surface area contributed by atoms with Crippen molar-refractivity contribution < 1.29 is 17.9 Å². The van der Waals surface area contributed by atoms with Crippen molar-refractivity contribution in [3.63, 3.8) is 0 Å². The van der Waals surface area contributed by atoms with Gasteiger partial charge in [0.2, 0.25) is 5.88 Å². The van der Waals surface area contributed by atoms with Crippen LogP contribution in [0, 0.1) is 0 Å². The Morgan fingerprint density at radius 1 is 1.10 bits per heavy atom. The third-order valence-corrected chi connectivity index (χ3v) is 5.27. The van der Waals surface area contributed by atoms with E-state index in [2.05, 4.69) is 15.3 Å². The van der Waals surface area contributed by atoms with Gasteiger partial charge in [-0.1, -0.05) is 30.0 Å². The van der Waals surface area contributed by atoms with Crippen molar-refractivity contribution in [3.8, 4) is 17.3 Å². The molecule has 29 heavy (non-hydrogen) atoms. The van der Waals surface area contributed by atoms with Gasteiger partial charge in [0.1, 0.15) is 5.56 Å². The molecule has 0 amide bonds. The van der Waals surface area contributed by atoms with Gasteiger partial charge >= 0.3 is 6.18 Å². The van der Waals surface area contributed by atoms with Gasteiger partial charge in [-0.2, -0.15) is 13.2 Å². The lowest BCUT2D eigenvalue weighted by Gasteiger charge is -2.09. The number of benzene rings is 1. The summed E-state index contributed by atoms with van der Waals surface area (Å²) < 4.78 is 48.1. The Bertz CT molecular complexity index is 967. The highest BCUT2D eigenvalue weighted by Gasteiger charge is 2.30. The topological polar surface area (TPSA) is 57.8 Å². The van der Waals surface area contributed by atoms with E-state index in [1.807, 2.05) is 31.5 Å². The van der Waals surface area contributed by atoms with Crippen molar-refractivity contribution >= 4 is 11.8 Å². The average molecular weight is 425 g/mol. The van der Waals surface area contributed by atoms with E-state index >= 15 is 0 Å². The first-order chi connectivity index (χ1) is 13.9. The number of aryl methyl sites for hydroxylation is 1. The highest BCUT2D eigenvalue weighted by Crippen LogP contribution is 2.33. The Morgan fingerprint density at radius 2 is 1.90 bits per heavy atom. The molecular formula is C19H22F3N5OS. The van der Waals surface area contributed by atoms with Gasteiger partial charge in [-0.3, -0.25) is 4.68 Å². The molecule has 0 saturated heterocycles. The van der Waals surface area contributed by atoms with Gasteiger partial charge in [0.25, 0.3) is 0 Å². The number of nitrogens with zero attached hydrogens (tertiary/aromatic N) is 5. The molecule has 6 nitrogen and oxygen atoms in total. The third kappa shape index (κ3) is 4.75. The molecule has 0 radical (unpaired) electrons. The normalized spacial score (nSPS) is 11.8. The first-order valence-corrected chi connectivity index (χ1v) is 10.3. The van der Waals surface area contributed by atoms with Gasteiger partial charge in [0.05, 0.1) is 12.2 Å². The van der Waals surface area contributed by atoms with Crippen LogP contribution in [0.25, 0.3) is 11.4 Å². The molecule has 2 aromatic heterocycles. The maximum absolute atomic E-state index is 12.9. The van der Waals surface area contributed by atoms with Crippen molar-refractivity contribution in [3.05, 3.63) is 41.6 Å². The summed E-state index contributed by atoms with van der Waals surface area (Å²) in [6, 6.07) is 5.33. The van der Waals surface area contributed by atoms with Crippen LogP contribution in [-0.4, -0.2) is 31.2 Å². The summed E-state index contributed by atoms with van der Waals surface area (Å²) in [4.78, 5) is 0. The van der Waals surface area contributed by atoms with E-state index in [-0.39, 0.29) is 0 Å². The molecule has 1 aromatic carbocycles. The highest BCUT2D eigenvalue weighted by atomic mass is 32.2. The fourth-order valence-corrected chi connectivity index (χ4v) is 3.77. The van der Waals surface area contributed by atoms with Crippen LogP contribution in [-0.2, 0) is 25.0 Å². The first-order valence-electron chi connectivity index (χ1n) is 9.30. The van der Waals surface area contributed by atoms with E-state index in [1.165, 1.54) is 23.9 Å². The van der Waals surface area contributed by atoms with E-state index in [1.54, 1.807) is 10.7 Å². The number of ether oxygens (including phenoxy) is 1. The van der Waals surface area contributed by atoms with E-state index < -0.39 is 11.7 Å². The Balaban J connectivity index is 1.85. The van der Waals surface area contributed by atoms with Gasteiger partial charge in [0, 0.05) is 25.0 Å². The summed E-state index contributed by atoms with van der Waals surface area (Å²) >= 11 is 1.35. The number of halogens is 3. The monoisotopic (exact) mass is 425 g/mol. The van der Waals surface area contributed by atoms with Crippen molar-refractivity contribution in [1.29, 1.82) is 0 Å². The van der Waals surface area contributed by atoms with Crippen LogP contribution >= 0.6 is 11.8 Å². The number of aromatic nitrogens is 5. The molecule has 0 aliphatic heterocycles. The second-order valence-corrected chi connectivity index (χ2v) is 7.12. The maximum Gasteiger partial charge on any atom is 0.416 e. The Kier molecular flexibility index (Phi) is 6.51. The van der Waals surface area contributed by atoms with Gasteiger partial charge < -0.3 is 9.30 Å². The zero-order chi connectivity index (χ0) is 21.0.